The van der Waals surface area contributed by atoms with Gasteiger partial charge >= 0.3 is 6.09 Å². The van der Waals surface area contributed by atoms with Crippen molar-refractivity contribution in [2.75, 3.05) is 39.5 Å². The molecule has 0 aromatic heterocycles. The van der Waals surface area contributed by atoms with Crippen LogP contribution in [-0.2, 0) is 9.57 Å². The summed E-state index contributed by atoms with van der Waals surface area (Å²) in [6.45, 7) is 11.8. The molecule has 6 unspecified atom stereocenters. The zero-order valence-electron chi connectivity index (χ0n) is 39.4. The number of benzene rings is 2. The van der Waals surface area contributed by atoms with Crippen molar-refractivity contribution in [2.45, 2.75) is 154 Å². The number of hydrogen-bond donors (Lipinski definition) is 3. The molecule has 1 aliphatic heterocycles. The van der Waals surface area contributed by atoms with Crippen LogP contribution in [-0.4, -0.2) is 84.2 Å². The van der Waals surface area contributed by atoms with Gasteiger partial charge in [-0.3, -0.25) is 4.79 Å². The van der Waals surface area contributed by atoms with Gasteiger partial charge in [0.2, 0.25) is 5.79 Å². The maximum absolute atomic E-state index is 14.8. The van der Waals surface area contributed by atoms with Gasteiger partial charge in [-0.2, -0.15) is 5.26 Å². The monoisotopic (exact) mass is 897 g/mol. The average molecular weight is 897 g/mol. The minimum Gasteiger partial charge on any atom is -0.459 e. The van der Waals surface area contributed by atoms with Crippen LogP contribution in [0.15, 0.2) is 71.9 Å². The quantitative estimate of drug-likeness (QED) is 0.0410. The summed E-state index contributed by atoms with van der Waals surface area (Å²) in [6, 6.07) is 13.7. The molecule has 12 nitrogen and oxygen atoms in total. The average Bonchev–Trinajstić information content (AvgIpc) is 3.32. The van der Waals surface area contributed by atoms with Gasteiger partial charge in [0.15, 0.2) is 0 Å². The molecular formula is C53H76N4O8. The van der Waals surface area contributed by atoms with Crippen LogP contribution >= 0.6 is 0 Å². The molecule has 0 radical (unpaired) electrons. The normalized spacial score (nSPS) is 22.4. The Hall–Kier alpha value is -4.70. The van der Waals surface area contributed by atoms with Gasteiger partial charge in [-0.05, 0) is 105 Å². The Labute approximate surface area is 388 Å². The van der Waals surface area contributed by atoms with Gasteiger partial charge in [0.25, 0.3) is 5.91 Å². The number of nitrogens with zero attached hydrogens (tertiary/aromatic N) is 3. The second-order valence-electron chi connectivity index (χ2n) is 17.9. The van der Waals surface area contributed by atoms with E-state index in [2.05, 4.69) is 31.0 Å². The predicted octanol–water partition coefficient (Wildman–Crippen LogP) is 10.8. The van der Waals surface area contributed by atoms with Crippen LogP contribution in [0.1, 0.15) is 164 Å². The van der Waals surface area contributed by atoms with E-state index in [1.54, 1.807) is 36.4 Å². The molecule has 6 atom stereocenters. The SMILES string of the molecule is C=CCOC12Oc3ccc(OC(=O)NCCCCCCCCCCCC)cc3C3C(CCCCO)C(CCCCO)C=C(C(=NOCC)CC1N(CCC)C(=O)c1ccc(C#N)cc1)C32. The van der Waals surface area contributed by atoms with E-state index in [1.807, 2.05) is 30.9 Å². The van der Waals surface area contributed by atoms with Crippen molar-refractivity contribution in [3.8, 4) is 17.6 Å². The first-order valence-corrected chi connectivity index (χ1v) is 24.8. The van der Waals surface area contributed by atoms with Crippen LogP contribution in [0.5, 0.6) is 11.5 Å². The smallest absolute Gasteiger partial charge is 0.412 e. The summed E-state index contributed by atoms with van der Waals surface area (Å²) < 4.78 is 20.4. The van der Waals surface area contributed by atoms with Crippen molar-refractivity contribution in [1.29, 1.82) is 5.26 Å². The molecule has 0 bridgehead atoms. The van der Waals surface area contributed by atoms with E-state index >= 15 is 0 Å². The Bertz CT molecular complexity index is 1910. The summed E-state index contributed by atoms with van der Waals surface area (Å²) in [6.07, 6.45) is 21.0. The zero-order chi connectivity index (χ0) is 46.4. The van der Waals surface area contributed by atoms with Crippen LogP contribution in [0.4, 0.5) is 4.79 Å². The molecule has 3 N–H and O–H groups in total. The second-order valence-corrected chi connectivity index (χ2v) is 17.9. The molecule has 1 fully saturated rings. The Morgan fingerprint density at radius 2 is 1.62 bits per heavy atom. The molecule has 2 amide bonds. The molecule has 12 heteroatoms. The lowest BCUT2D eigenvalue weighted by molar-refractivity contribution is -0.254. The third-order valence-corrected chi connectivity index (χ3v) is 13.3. The number of carbonyl (C=O) groups excluding carboxylic acids is 2. The van der Waals surface area contributed by atoms with Crippen LogP contribution in [0, 0.1) is 29.1 Å². The predicted molar refractivity (Wildman–Crippen MR) is 255 cm³/mol. The summed E-state index contributed by atoms with van der Waals surface area (Å²) in [5.41, 5.74) is 3.42. The van der Waals surface area contributed by atoms with E-state index in [0.717, 1.165) is 56.1 Å². The number of ether oxygens (including phenoxy) is 3. The molecule has 65 heavy (non-hydrogen) atoms. The molecule has 0 saturated heterocycles. The van der Waals surface area contributed by atoms with E-state index in [0.29, 0.717) is 67.3 Å². The van der Waals surface area contributed by atoms with Crippen molar-refractivity contribution in [1.82, 2.24) is 10.2 Å². The minimum atomic E-state index is -1.42. The number of nitriles is 1. The van der Waals surface area contributed by atoms with Gasteiger partial charge < -0.3 is 39.5 Å². The van der Waals surface area contributed by atoms with Gasteiger partial charge in [0.05, 0.1) is 29.9 Å². The molecule has 2 aliphatic carbocycles. The maximum Gasteiger partial charge on any atom is 0.412 e. The first-order chi connectivity index (χ1) is 31.8. The minimum absolute atomic E-state index is 0.0183. The van der Waals surface area contributed by atoms with Crippen molar-refractivity contribution in [3.63, 3.8) is 0 Å². The summed E-state index contributed by atoms with van der Waals surface area (Å²) in [5.74, 6) is -1.34. The molecule has 2 aromatic rings. The number of aliphatic hydroxyl groups excluding tert-OH is 2. The Morgan fingerprint density at radius 3 is 2.26 bits per heavy atom. The molecule has 1 heterocycles. The maximum atomic E-state index is 14.8. The zero-order valence-corrected chi connectivity index (χ0v) is 39.4. The fourth-order valence-electron chi connectivity index (χ4n) is 10.3. The number of allylic oxidation sites excluding steroid dienone is 1. The lowest BCUT2D eigenvalue weighted by Crippen LogP contribution is -2.70. The Kier molecular flexibility index (Phi) is 21.4. The van der Waals surface area contributed by atoms with Gasteiger partial charge in [0, 0.05) is 49.8 Å². The van der Waals surface area contributed by atoms with Gasteiger partial charge in [-0.1, -0.05) is 102 Å². The number of oxime groups is 1. The third-order valence-electron chi connectivity index (χ3n) is 13.3. The number of fused-ring (bicyclic) bond motifs is 2. The van der Waals surface area contributed by atoms with Gasteiger partial charge in [-0.15, -0.1) is 6.58 Å². The third kappa shape index (κ3) is 13.5. The van der Waals surface area contributed by atoms with Crippen molar-refractivity contribution in [2.24, 2.45) is 22.9 Å². The van der Waals surface area contributed by atoms with Gasteiger partial charge in [-0.25, -0.2) is 4.79 Å². The first kappa shape index (κ1) is 51.3. The second kappa shape index (κ2) is 27.1. The number of hydrogen-bond acceptors (Lipinski definition) is 10. The molecule has 5 rings (SSSR count). The highest BCUT2D eigenvalue weighted by Gasteiger charge is 2.65. The van der Waals surface area contributed by atoms with E-state index in [-0.39, 0.29) is 49.9 Å². The van der Waals surface area contributed by atoms with E-state index in [1.165, 1.54) is 44.9 Å². The fourth-order valence-corrected chi connectivity index (χ4v) is 10.3. The van der Waals surface area contributed by atoms with Crippen LogP contribution < -0.4 is 14.8 Å². The topological polar surface area (TPSA) is 163 Å². The summed E-state index contributed by atoms with van der Waals surface area (Å²) in [4.78, 5) is 35.8. The number of aliphatic hydroxyl groups is 2. The standard InChI is InChI=1S/C53H76N4O8/c1-5-9-10-11-12-13-14-15-16-19-30-55-52(61)64-42-28-29-47-45(36-42)49-43(23-18-21-33-59)41(22-17-20-32-58)35-44-46(56-63-8-4)37-48(53(65-47,50(44)49)62-34-7-3)57(31-6-2)51(60)40-26-24-39(38-54)25-27-40/h7,24-29,35-36,41,43,48-50,58-59H,3,5-6,8-23,30-34,37H2,1-2,4H3,(H,55,61). The van der Waals surface area contributed by atoms with E-state index in [4.69, 9.17) is 24.2 Å². The summed E-state index contributed by atoms with van der Waals surface area (Å²) >= 11 is 0. The van der Waals surface area contributed by atoms with Crippen molar-refractivity contribution >= 4 is 17.7 Å². The first-order valence-electron chi connectivity index (χ1n) is 24.8. The fraction of sp³-hybridized carbons (Fsp3) is 0.623. The molecule has 2 aromatic carbocycles. The summed E-state index contributed by atoms with van der Waals surface area (Å²) in [7, 11) is 0. The number of carbonyl (C=O) groups is 2. The Morgan fingerprint density at radius 1 is 0.923 bits per heavy atom. The highest BCUT2D eigenvalue weighted by Crippen LogP contribution is 2.62. The van der Waals surface area contributed by atoms with Gasteiger partial charge in [0.1, 0.15) is 24.1 Å². The molecule has 0 spiro atoms. The van der Waals surface area contributed by atoms with Crippen molar-refractivity contribution in [3.05, 3.63) is 83.5 Å². The highest BCUT2D eigenvalue weighted by molar-refractivity contribution is 6.03. The number of rotatable bonds is 29. The molecular weight excluding hydrogens is 821 g/mol. The largest absolute Gasteiger partial charge is 0.459 e. The lowest BCUT2D eigenvalue weighted by atomic mass is 9.55. The Balaban J connectivity index is 1.55. The van der Waals surface area contributed by atoms with Crippen molar-refractivity contribution < 1.29 is 38.9 Å². The lowest BCUT2D eigenvalue weighted by Gasteiger charge is -2.60. The number of nitrogens with one attached hydrogen (secondary N) is 1. The molecule has 3 aliphatic rings. The molecule has 1 saturated carbocycles. The van der Waals surface area contributed by atoms with E-state index < -0.39 is 23.8 Å². The number of amides is 2. The highest BCUT2D eigenvalue weighted by atomic mass is 16.7. The number of unbranched alkanes of at least 4 members (excludes halogenated alkanes) is 11. The molecule has 356 valence electrons. The van der Waals surface area contributed by atoms with Crippen LogP contribution in [0.2, 0.25) is 0 Å². The van der Waals surface area contributed by atoms with Crippen LogP contribution in [0.25, 0.3) is 0 Å². The summed E-state index contributed by atoms with van der Waals surface area (Å²) in [5, 5.41) is 37.1. The van der Waals surface area contributed by atoms with E-state index in [9.17, 15) is 25.1 Å². The van der Waals surface area contributed by atoms with Crippen LogP contribution in [0.3, 0.4) is 0 Å².